The van der Waals surface area contributed by atoms with Crippen LogP contribution in [0.25, 0.3) is 0 Å². The Morgan fingerprint density at radius 1 is 1.55 bits per heavy atom. The highest BCUT2D eigenvalue weighted by Crippen LogP contribution is 2.20. The largest absolute Gasteiger partial charge is 0.550 e. The summed E-state index contributed by atoms with van der Waals surface area (Å²) >= 11 is 0. The number of carbonyl (C=O) groups excluding carboxylic acids is 1. The van der Waals surface area contributed by atoms with Gasteiger partial charge >= 0.3 is 0 Å². The molecule has 0 aromatic heterocycles. The summed E-state index contributed by atoms with van der Waals surface area (Å²) in [6, 6.07) is 0. The molecule has 0 aromatic carbocycles. The van der Waals surface area contributed by atoms with Crippen molar-refractivity contribution >= 4 is 5.97 Å². The van der Waals surface area contributed by atoms with Gasteiger partial charge in [-0.25, -0.2) is 0 Å². The maximum Gasteiger partial charge on any atom is 0.0842 e. The molecule has 1 aliphatic heterocycles. The molecule has 0 saturated carbocycles. The summed E-state index contributed by atoms with van der Waals surface area (Å²) in [7, 11) is 0. The molecule has 64 valence electrons. The Morgan fingerprint density at radius 3 is 2.55 bits per heavy atom. The minimum absolute atomic E-state index is 0.227. The lowest BCUT2D eigenvalue weighted by Crippen LogP contribution is -2.82. The second-order valence-corrected chi connectivity index (χ2v) is 3.59. The first-order valence-electron chi connectivity index (χ1n) is 4.15. The van der Waals surface area contributed by atoms with Gasteiger partial charge in [-0.15, -0.1) is 0 Å². The van der Waals surface area contributed by atoms with Crippen LogP contribution in [0.1, 0.15) is 13.8 Å². The Kier molecular flexibility index (Phi) is 2.49. The van der Waals surface area contributed by atoms with E-state index in [-0.39, 0.29) is 5.92 Å². The van der Waals surface area contributed by atoms with E-state index in [2.05, 4.69) is 19.2 Å². The van der Waals surface area contributed by atoms with Gasteiger partial charge in [0, 0.05) is 5.92 Å². The van der Waals surface area contributed by atoms with E-state index >= 15 is 0 Å². The molecule has 0 aliphatic carbocycles. The van der Waals surface area contributed by atoms with Gasteiger partial charge in [0.1, 0.15) is 0 Å². The highest BCUT2D eigenvalue weighted by atomic mass is 16.4. The van der Waals surface area contributed by atoms with Crippen molar-refractivity contribution in [1.29, 1.82) is 0 Å². The van der Waals surface area contributed by atoms with Gasteiger partial charge in [0.05, 0.1) is 25.0 Å². The van der Waals surface area contributed by atoms with E-state index < -0.39 is 5.97 Å². The molecular weight excluding hydrogens is 142 g/mol. The van der Waals surface area contributed by atoms with Gasteiger partial charge < -0.3 is 15.2 Å². The Morgan fingerprint density at radius 2 is 2.18 bits per heavy atom. The number of aliphatic carboxylic acids is 1. The van der Waals surface area contributed by atoms with Crippen molar-refractivity contribution in [2.24, 2.45) is 17.8 Å². The summed E-state index contributed by atoms with van der Waals surface area (Å²) in [5.41, 5.74) is 0. The first-order valence-corrected chi connectivity index (χ1v) is 4.15. The lowest BCUT2D eigenvalue weighted by molar-refractivity contribution is -0.640. The predicted molar refractivity (Wildman–Crippen MR) is 38.5 cm³/mol. The summed E-state index contributed by atoms with van der Waals surface area (Å²) < 4.78 is 0. The van der Waals surface area contributed by atoms with Crippen LogP contribution in [0.3, 0.4) is 0 Å². The fraction of sp³-hybridized carbons (Fsp3) is 0.875. The normalized spacial score (nSPS) is 31.2. The van der Waals surface area contributed by atoms with E-state index in [4.69, 9.17) is 0 Å². The standard InChI is InChI=1S/C8H15NO2/c1-5(2)6-3-9-4-7(6)8(10)11/h5-7,9H,3-4H2,1-2H3,(H,10,11)/t6-,7+/m0/s1. The van der Waals surface area contributed by atoms with Crippen LogP contribution in [0.2, 0.25) is 0 Å². The van der Waals surface area contributed by atoms with E-state index in [9.17, 15) is 9.90 Å². The van der Waals surface area contributed by atoms with Crippen molar-refractivity contribution < 1.29 is 15.2 Å². The van der Waals surface area contributed by atoms with E-state index in [0.717, 1.165) is 6.54 Å². The third-order valence-electron chi connectivity index (χ3n) is 2.54. The lowest BCUT2D eigenvalue weighted by atomic mass is 9.86. The smallest absolute Gasteiger partial charge is 0.0842 e. The molecule has 0 aromatic rings. The van der Waals surface area contributed by atoms with Crippen LogP contribution in [-0.4, -0.2) is 19.1 Å². The van der Waals surface area contributed by atoms with Gasteiger partial charge in [0.25, 0.3) is 0 Å². The fourth-order valence-electron chi connectivity index (χ4n) is 1.82. The summed E-state index contributed by atoms with van der Waals surface area (Å²) in [6.45, 7) is 5.78. The number of rotatable bonds is 2. The van der Waals surface area contributed by atoms with E-state index in [0.29, 0.717) is 18.4 Å². The first-order chi connectivity index (χ1) is 5.13. The van der Waals surface area contributed by atoms with Crippen LogP contribution in [0.15, 0.2) is 0 Å². The highest BCUT2D eigenvalue weighted by molar-refractivity contribution is 5.68. The zero-order valence-corrected chi connectivity index (χ0v) is 7.04. The summed E-state index contributed by atoms with van der Waals surface area (Å²) in [5, 5.41) is 12.6. The minimum atomic E-state index is -0.877. The zero-order chi connectivity index (χ0) is 8.43. The number of quaternary nitrogens is 1. The Labute approximate surface area is 66.8 Å². The van der Waals surface area contributed by atoms with Crippen LogP contribution >= 0.6 is 0 Å². The van der Waals surface area contributed by atoms with E-state index in [1.54, 1.807) is 0 Å². The van der Waals surface area contributed by atoms with Gasteiger partial charge in [-0.1, -0.05) is 13.8 Å². The summed E-state index contributed by atoms with van der Waals surface area (Å²) in [4.78, 5) is 10.6. The highest BCUT2D eigenvalue weighted by Gasteiger charge is 2.33. The molecule has 2 atom stereocenters. The van der Waals surface area contributed by atoms with Gasteiger partial charge in [-0.05, 0) is 5.92 Å². The van der Waals surface area contributed by atoms with Crippen LogP contribution in [0, 0.1) is 17.8 Å². The van der Waals surface area contributed by atoms with Crippen molar-refractivity contribution in [1.82, 2.24) is 0 Å². The molecule has 0 unspecified atom stereocenters. The number of carboxylic acids is 1. The second kappa shape index (κ2) is 3.22. The molecule has 1 saturated heterocycles. The third kappa shape index (κ3) is 1.71. The molecule has 1 fully saturated rings. The zero-order valence-electron chi connectivity index (χ0n) is 7.04. The van der Waals surface area contributed by atoms with Crippen LogP contribution < -0.4 is 10.4 Å². The van der Waals surface area contributed by atoms with E-state index in [1.165, 1.54) is 0 Å². The SMILES string of the molecule is CC(C)[C@@H]1C[NH2+]C[C@H]1C(=O)[O-]. The molecule has 1 aliphatic rings. The van der Waals surface area contributed by atoms with Gasteiger partial charge in [-0.2, -0.15) is 0 Å². The topological polar surface area (TPSA) is 56.7 Å². The van der Waals surface area contributed by atoms with Crippen molar-refractivity contribution in [2.75, 3.05) is 13.1 Å². The maximum absolute atomic E-state index is 10.6. The molecule has 0 spiro atoms. The third-order valence-corrected chi connectivity index (χ3v) is 2.54. The monoisotopic (exact) mass is 157 g/mol. The van der Waals surface area contributed by atoms with E-state index in [1.807, 2.05) is 0 Å². The average Bonchev–Trinajstić information content (AvgIpc) is 2.32. The summed E-state index contributed by atoms with van der Waals surface area (Å²) in [6.07, 6.45) is 0. The number of hydrogen-bond acceptors (Lipinski definition) is 2. The van der Waals surface area contributed by atoms with Crippen LogP contribution in [0.4, 0.5) is 0 Å². The molecule has 0 amide bonds. The van der Waals surface area contributed by atoms with Gasteiger partial charge in [0.15, 0.2) is 0 Å². The van der Waals surface area contributed by atoms with Crippen LogP contribution in [-0.2, 0) is 4.79 Å². The number of nitrogens with two attached hydrogens (primary N) is 1. The Hall–Kier alpha value is -0.570. The van der Waals surface area contributed by atoms with Crippen molar-refractivity contribution in [3.63, 3.8) is 0 Å². The Bertz CT molecular complexity index is 156. The number of carbonyl (C=O) groups is 1. The maximum atomic E-state index is 10.6. The quantitative estimate of drug-likeness (QED) is 0.514. The summed E-state index contributed by atoms with van der Waals surface area (Å²) in [5.74, 6) is -0.343. The second-order valence-electron chi connectivity index (χ2n) is 3.59. The number of hydrogen-bond donors (Lipinski definition) is 1. The molecule has 3 heteroatoms. The number of carboxylic acid groups (broad SMARTS) is 1. The van der Waals surface area contributed by atoms with Crippen molar-refractivity contribution in [2.45, 2.75) is 13.8 Å². The molecule has 11 heavy (non-hydrogen) atoms. The average molecular weight is 157 g/mol. The van der Waals surface area contributed by atoms with Gasteiger partial charge in [-0.3, -0.25) is 0 Å². The fourth-order valence-corrected chi connectivity index (χ4v) is 1.82. The van der Waals surface area contributed by atoms with Crippen LogP contribution in [0.5, 0.6) is 0 Å². The molecule has 0 bridgehead atoms. The Balaban J connectivity index is 2.58. The molecule has 3 nitrogen and oxygen atoms in total. The molecule has 2 N–H and O–H groups in total. The predicted octanol–water partition coefficient (Wildman–Crippen LogP) is -1.80. The molecular formula is C8H15NO2. The molecule has 1 rings (SSSR count). The molecule has 1 heterocycles. The van der Waals surface area contributed by atoms with Gasteiger partial charge in [0.2, 0.25) is 0 Å². The minimum Gasteiger partial charge on any atom is -0.550 e. The van der Waals surface area contributed by atoms with Crippen molar-refractivity contribution in [3.05, 3.63) is 0 Å². The molecule has 0 radical (unpaired) electrons. The first kappa shape index (κ1) is 8.53. The lowest BCUT2D eigenvalue weighted by Gasteiger charge is -2.19. The van der Waals surface area contributed by atoms with Crippen molar-refractivity contribution in [3.8, 4) is 0 Å².